The van der Waals surface area contributed by atoms with Gasteiger partial charge in [0.25, 0.3) is 0 Å². The van der Waals surface area contributed by atoms with Crippen molar-refractivity contribution in [2.75, 3.05) is 13.1 Å². The number of aliphatic hydroxyl groups is 1. The van der Waals surface area contributed by atoms with Gasteiger partial charge in [0.2, 0.25) is 0 Å². The third-order valence-electron chi connectivity index (χ3n) is 5.13. The van der Waals surface area contributed by atoms with Crippen molar-refractivity contribution in [3.63, 3.8) is 0 Å². The molecule has 0 radical (unpaired) electrons. The number of nitrogens with one attached hydrogen (secondary N) is 2. The monoisotopic (exact) mass is 295 g/mol. The van der Waals surface area contributed by atoms with E-state index in [-0.39, 0.29) is 11.5 Å². The molecule has 3 N–H and O–H groups in total. The van der Waals surface area contributed by atoms with Gasteiger partial charge in [-0.2, -0.15) is 0 Å². The van der Waals surface area contributed by atoms with Crippen LogP contribution >= 0.6 is 0 Å². The van der Waals surface area contributed by atoms with E-state index in [0.717, 1.165) is 37.7 Å². The lowest BCUT2D eigenvalue weighted by Gasteiger charge is -2.37. The van der Waals surface area contributed by atoms with Gasteiger partial charge in [-0.3, -0.25) is 4.99 Å². The van der Waals surface area contributed by atoms with Crippen molar-refractivity contribution >= 4 is 5.96 Å². The molecule has 0 amide bonds. The van der Waals surface area contributed by atoms with Crippen molar-refractivity contribution in [2.24, 2.45) is 16.3 Å². The highest BCUT2D eigenvalue weighted by molar-refractivity contribution is 5.80. The molecule has 0 aliphatic heterocycles. The molecule has 0 saturated heterocycles. The number of rotatable bonds is 6. The second kappa shape index (κ2) is 7.48. The molecule has 2 fully saturated rings. The molecule has 4 atom stereocenters. The smallest absolute Gasteiger partial charge is 0.191 e. The highest BCUT2D eigenvalue weighted by Gasteiger charge is 2.37. The van der Waals surface area contributed by atoms with E-state index >= 15 is 0 Å². The molecular formula is C17H33N3O. The summed E-state index contributed by atoms with van der Waals surface area (Å²) in [5, 5.41) is 17.2. The van der Waals surface area contributed by atoms with E-state index in [0.29, 0.717) is 12.6 Å². The molecule has 0 aromatic rings. The van der Waals surface area contributed by atoms with Gasteiger partial charge in [-0.15, -0.1) is 0 Å². The number of aliphatic imine (C=N–C) groups is 1. The topological polar surface area (TPSA) is 56.7 Å². The van der Waals surface area contributed by atoms with Crippen molar-refractivity contribution in [1.82, 2.24) is 10.6 Å². The van der Waals surface area contributed by atoms with Crippen LogP contribution in [0.3, 0.4) is 0 Å². The van der Waals surface area contributed by atoms with Gasteiger partial charge in [0.1, 0.15) is 0 Å². The fourth-order valence-corrected chi connectivity index (χ4v) is 3.44. The quantitative estimate of drug-likeness (QED) is 0.521. The minimum atomic E-state index is -0.202. The van der Waals surface area contributed by atoms with E-state index in [1.807, 2.05) is 0 Å². The maximum Gasteiger partial charge on any atom is 0.191 e. The number of hydrogen-bond donors (Lipinski definition) is 3. The Balaban J connectivity index is 1.88. The standard InChI is InChI=1S/C17H33N3O/c1-4-8-13-11-14(13)20-16(18-5-2)19-12-17(3)10-7-6-9-15(17)21/h13-15,21H,4-12H2,1-3H3,(H2,18,19,20). The molecule has 4 heteroatoms. The van der Waals surface area contributed by atoms with E-state index in [1.165, 1.54) is 25.7 Å². The molecule has 2 aliphatic carbocycles. The van der Waals surface area contributed by atoms with Crippen LogP contribution in [0.4, 0.5) is 0 Å². The zero-order valence-corrected chi connectivity index (χ0v) is 14.0. The van der Waals surface area contributed by atoms with Crippen LogP contribution in [-0.4, -0.2) is 36.3 Å². The summed E-state index contributed by atoms with van der Waals surface area (Å²) in [6.07, 6.45) is 8.03. The maximum absolute atomic E-state index is 10.3. The van der Waals surface area contributed by atoms with Crippen LogP contribution in [0, 0.1) is 11.3 Å². The molecule has 2 saturated carbocycles. The van der Waals surface area contributed by atoms with Crippen LogP contribution in [0.5, 0.6) is 0 Å². The van der Waals surface area contributed by atoms with Crippen LogP contribution in [0.15, 0.2) is 4.99 Å². The van der Waals surface area contributed by atoms with E-state index < -0.39 is 0 Å². The third-order valence-corrected chi connectivity index (χ3v) is 5.13. The summed E-state index contributed by atoms with van der Waals surface area (Å²) in [7, 11) is 0. The zero-order valence-electron chi connectivity index (χ0n) is 14.0. The predicted molar refractivity (Wildman–Crippen MR) is 88.5 cm³/mol. The van der Waals surface area contributed by atoms with Crippen molar-refractivity contribution in [2.45, 2.75) is 77.9 Å². The van der Waals surface area contributed by atoms with Crippen molar-refractivity contribution in [3.05, 3.63) is 0 Å². The molecule has 2 aliphatic rings. The highest BCUT2D eigenvalue weighted by Crippen LogP contribution is 2.37. The molecule has 0 spiro atoms. The van der Waals surface area contributed by atoms with Gasteiger partial charge < -0.3 is 15.7 Å². The largest absolute Gasteiger partial charge is 0.392 e. The molecule has 4 unspecified atom stereocenters. The minimum Gasteiger partial charge on any atom is -0.392 e. The van der Waals surface area contributed by atoms with E-state index in [9.17, 15) is 5.11 Å². The summed E-state index contributed by atoms with van der Waals surface area (Å²) in [5.74, 6) is 1.76. The van der Waals surface area contributed by atoms with Gasteiger partial charge in [-0.05, 0) is 38.5 Å². The third kappa shape index (κ3) is 4.60. The summed E-state index contributed by atoms with van der Waals surface area (Å²) in [4.78, 5) is 4.77. The summed E-state index contributed by atoms with van der Waals surface area (Å²) in [5.41, 5.74) is -0.0486. The van der Waals surface area contributed by atoms with Gasteiger partial charge in [-0.25, -0.2) is 0 Å². The lowest BCUT2D eigenvalue weighted by atomic mass is 9.73. The first kappa shape index (κ1) is 16.6. The number of guanidine groups is 1. The number of hydrogen-bond acceptors (Lipinski definition) is 2. The normalized spacial score (nSPS) is 36.4. The van der Waals surface area contributed by atoms with E-state index in [2.05, 4.69) is 31.4 Å². The summed E-state index contributed by atoms with van der Waals surface area (Å²) in [6, 6.07) is 0.604. The van der Waals surface area contributed by atoms with Crippen molar-refractivity contribution in [1.29, 1.82) is 0 Å². The molecule has 0 heterocycles. The fourth-order valence-electron chi connectivity index (χ4n) is 3.44. The van der Waals surface area contributed by atoms with Crippen LogP contribution in [-0.2, 0) is 0 Å². The predicted octanol–water partition coefficient (Wildman–Crippen LogP) is 2.67. The summed E-state index contributed by atoms with van der Waals surface area (Å²) < 4.78 is 0. The molecular weight excluding hydrogens is 262 g/mol. The second-order valence-electron chi connectivity index (χ2n) is 7.15. The van der Waals surface area contributed by atoms with Gasteiger partial charge in [0.05, 0.1) is 12.6 Å². The van der Waals surface area contributed by atoms with Crippen LogP contribution in [0.25, 0.3) is 0 Å². The Bertz CT molecular complexity index is 358. The summed E-state index contributed by atoms with van der Waals surface area (Å²) in [6.45, 7) is 8.14. The average molecular weight is 295 g/mol. The van der Waals surface area contributed by atoms with E-state index in [1.54, 1.807) is 0 Å². The lowest BCUT2D eigenvalue weighted by molar-refractivity contribution is 0.00716. The van der Waals surface area contributed by atoms with Crippen LogP contribution in [0.1, 0.15) is 65.7 Å². The van der Waals surface area contributed by atoms with Crippen molar-refractivity contribution < 1.29 is 5.11 Å². The Labute approximate surface area is 129 Å². The minimum absolute atomic E-state index is 0.0486. The Morgan fingerprint density at radius 2 is 2.14 bits per heavy atom. The molecule has 0 bridgehead atoms. The first-order chi connectivity index (χ1) is 10.1. The Hall–Kier alpha value is -0.770. The van der Waals surface area contributed by atoms with Gasteiger partial charge >= 0.3 is 0 Å². The Morgan fingerprint density at radius 1 is 1.33 bits per heavy atom. The Morgan fingerprint density at radius 3 is 2.81 bits per heavy atom. The van der Waals surface area contributed by atoms with Gasteiger partial charge in [0.15, 0.2) is 5.96 Å². The van der Waals surface area contributed by atoms with Gasteiger partial charge in [0, 0.05) is 18.0 Å². The number of nitrogens with zero attached hydrogens (tertiary/aromatic N) is 1. The fraction of sp³-hybridized carbons (Fsp3) is 0.941. The number of aliphatic hydroxyl groups excluding tert-OH is 1. The Kier molecular flexibility index (Phi) is 5.91. The van der Waals surface area contributed by atoms with E-state index in [4.69, 9.17) is 4.99 Å². The van der Waals surface area contributed by atoms with Crippen molar-refractivity contribution in [3.8, 4) is 0 Å². The maximum atomic E-state index is 10.3. The van der Waals surface area contributed by atoms with Crippen LogP contribution in [0.2, 0.25) is 0 Å². The first-order valence-corrected chi connectivity index (χ1v) is 8.82. The summed E-state index contributed by atoms with van der Waals surface area (Å²) >= 11 is 0. The molecule has 0 aromatic heterocycles. The molecule has 122 valence electrons. The molecule has 21 heavy (non-hydrogen) atoms. The zero-order chi connectivity index (χ0) is 15.3. The lowest BCUT2D eigenvalue weighted by Crippen LogP contribution is -2.42. The molecule has 0 aromatic carbocycles. The average Bonchev–Trinajstić information content (AvgIpc) is 3.18. The second-order valence-corrected chi connectivity index (χ2v) is 7.15. The highest BCUT2D eigenvalue weighted by atomic mass is 16.3. The SMILES string of the molecule is CCCC1CC1NC(=NCC1(C)CCCCC1O)NCC. The molecule has 4 nitrogen and oxygen atoms in total. The van der Waals surface area contributed by atoms with Gasteiger partial charge in [-0.1, -0.05) is 33.1 Å². The van der Waals surface area contributed by atoms with Crippen LogP contribution < -0.4 is 10.6 Å². The first-order valence-electron chi connectivity index (χ1n) is 8.82. The molecule has 2 rings (SSSR count).